The van der Waals surface area contributed by atoms with E-state index < -0.39 is 0 Å². The average molecular weight is 845 g/mol. The second-order valence-electron chi connectivity index (χ2n) is 18.1. The van der Waals surface area contributed by atoms with Crippen LogP contribution in [0.1, 0.15) is 25.0 Å². The van der Waals surface area contributed by atoms with Crippen molar-refractivity contribution in [3.8, 4) is 50.2 Å². The predicted molar refractivity (Wildman–Crippen MR) is 277 cm³/mol. The highest BCUT2D eigenvalue weighted by Crippen LogP contribution is 2.56. The molecule has 0 aliphatic heterocycles. The summed E-state index contributed by atoms with van der Waals surface area (Å²) in [4.78, 5) is 2.44. The lowest BCUT2D eigenvalue weighted by Gasteiger charge is -2.32. The van der Waals surface area contributed by atoms with Gasteiger partial charge in [-0.3, -0.25) is 0 Å². The van der Waals surface area contributed by atoms with Crippen LogP contribution in [0, 0.1) is 0 Å². The van der Waals surface area contributed by atoms with Crippen LogP contribution in [0.3, 0.4) is 0 Å². The van der Waals surface area contributed by atoms with Gasteiger partial charge in [0.1, 0.15) is 5.58 Å². The molecule has 3 nitrogen and oxygen atoms in total. The second-order valence-corrected chi connectivity index (χ2v) is 18.1. The highest BCUT2D eigenvalue weighted by Gasteiger charge is 2.40. The predicted octanol–water partition coefficient (Wildman–Crippen LogP) is 17.5. The number of anilines is 3. The Balaban J connectivity index is 1.09. The summed E-state index contributed by atoms with van der Waals surface area (Å²) in [6.45, 7) is 4.76. The first-order valence-electron chi connectivity index (χ1n) is 22.8. The third kappa shape index (κ3) is 5.90. The zero-order valence-electron chi connectivity index (χ0n) is 36.7. The van der Waals surface area contributed by atoms with Gasteiger partial charge in [-0.25, -0.2) is 0 Å². The summed E-state index contributed by atoms with van der Waals surface area (Å²) in [6.07, 6.45) is 0. The van der Waals surface area contributed by atoms with Crippen molar-refractivity contribution < 1.29 is 4.42 Å². The Morgan fingerprint density at radius 1 is 0.394 bits per heavy atom. The molecule has 2 heterocycles. The third-order valence-corrected chi connectivity index (χ3v) is 13.9. The molecule has 0 bridgehead atoms. The maximum absolute atomic E-state index is 6.82. The van der Waals surface area contributed by atoms with Gasteiger partial charge in [-0.15, -0.1) is 0 Å². The van der Waals surface area contributed by atoms with Gasteiger partial charge in [-0.1, -0.05) is 178 Å². The van der Waals surface area contributed by atoms with Crippen molar-refractivity contribution in [3.63, 3.8) is 0 Å². The first kappa shape index (κ1) is 38.1. The molecule has 0 unspecified atom stereocenters. The molecule has 13 rings (SSSR count). The third-order valence-electron chi connectivity index (χ3n) is 13.9. The summed E-state index contributed by atoms with van der Waals surface area (Å²) in [5, 5.41) is 4.66. The molecule has 3 heteroatoms. The number of para-hydroxylation sites is 4. The Kier molecular flexibility index (Phi) is 8.56. The minimum atomic E-state index is -0.287. The molecule has 66 heavy (non-hydrogen) atoms. The lowest BCUT2D eigenvalue weighted by atomic mass is 9.80. The molecular formula is C63H44N2O. The highest BCUT2D eigenvalue weighted by molar-refractivity contribution is 6.12. The molecule has 2 aromatic heterocycles. The lowest BCUT2D eigenvalue weighted by Crippen LogP contribution is -2.21. The maximum atomic E-state index is 6.82. The molecule has 0 saturated heterocycles. The Morgan fingerprint density at radius 3 is 1.76 bits per heavy atom. The van der Waals surface area contributed by atoms with Gasteiger partial charge >= 0.3 is 0 Å². The SMILES string of the molecule is CC1(C)c2ccccc2-c2cc(-c3ccc4c5ccccc5n(-c5cc(-c6ccccc6)cc(-c6ccccc6)c5)c4c3)cc(N(c3ccccc3)c3cccc4c3oc3ccccc34)c21. The number of nitrogens with zero attached hydrogens (tertiary/aromatic N) is 2. The van der Waals surface area contributed by atoms with E-state index in [0.717, 1.165) is 61.3 Å². The van der Waals surface area contributed by atoms with Crippen LogP contribution in [-0.4, -0.2) is 4.57 Å². The van der Waals surface area contributed by atoms with Crippen LogP contribution in [-0.2, 0) is 5.41 Å². The summed E-state index contributed by atoms with van der Waals surface area (Å²) in [7, 11) is 0. The van der Waals surface area contributed by atoms with Crippen molar-refractivity contribution in [3.05, 3.63) is 242 Å². The minimum absolute atomic E-state index is 0.287. The molecule has 10 aromatic carbocycles. The van der Waals surface area contributed by atoms with E-state index in [1.807, 2.05) is 6.07 Å². The van der Waals surface area contributed by atoms with Crippen molar-refractivity contribution >= 4 is 60.8 Å². The average Bonchev–Trinajstić information content (AvgIpc) is 4.00. The molecule has 0 atom stereocenters. The molecule has 1 aliphatic carbocycles. The van der Waals surface area contributed by atoms with Crippen LogP contribution < -0.4 is 4.90 Å². The van der Waals surface area contributed by atoms with Crippen molar-refractivity contribution in [2.45, 2.75) is 19.3 Å². The fourth-order valence-electron chi connectivity index (χ4n) is 10.9. The quantitative estimate of drug-likeness (QED) is 0.159. The summed E-state index contributed by atoms with van der Waals surface area (Å²) in [5.74, 6) is 0. The number of hydrogen-bond donors (Lipinski definition) is 0. The first-order valence-corrected chi connectivity index (χ1v) is 22.8. The van der Waals surface area contributed by atoms with Crippen LogP contribution in [0.2, 0.25) is 0 Å². The second kappa shape index (κ2) is 14.8. The molecule has 0 radical (unpaired) electrons. The molecule has 0 saturated carbocycles. The van der Waals surface area contributed by atoms with Crippen LogP contribution >= 0.6 is 0 Å². The van der Waals surface area contributed by atoms with Gasteiger partial charge < -0.3 is 13.9 Å². The molecule has 312 valence electrons. The van der Waals surface area contributed by atoms with Gasteiger partial charge in [0.05, 0.1) is 22.4 Å². The number of benzene rings is 10. The Bertz CT molecular complexity index is 3780. The summed E-state index contributed by atoms with van der Waals surface area (Å²) < 4.78 is 9.29. The maximum Gasteiger partial charge on any atom is 0.159 e. The van der Waals surface area contributed by atoms with Gasteiger partial charge in [0.15, 0.2) is 5.58 Å². The van der Waals surface area contributed by atoms with E-state index >= 15 is 0 Å². The zero-order chi connectivity index (χ0) is 43.9. The van der Waals surface area contributed by atoms with E-state index in [1.165, 1.54) is 60.8 Å². The molecular weight excluding hydrogens is 801 g/mol. The minimum Gasteiger partial charge on any atom is -0.454 e. The zero-order valence-corrected chi connectivity index (χ0v) is 36.7. The molecule has 0 amide bonds. The first-order chi connectivity index (χ1) is 32.5. The smallest absolute Gasteiger partial charge is 0.159 e. The van der Waals surface area contributed by atoms with Gasteiger partial charge in [-0.05, 0) is 122 Å². The summed E-state index contributed by atoms with van der Waals surface area (Å²) in [5.41, 5.74) is 20.3. The van der Waals surface area contributed by atoms with Crippen LogP contribution in [0.25, 0.3) is 93.9 Å². The van der Waals surface area contributed by atoms with E-state index in [9.17, 15) is 0 Å². The van der Waals surface area contributed by atoms with E-state index in [1.54, 1.807) is 0 Å². The highest BCUT2D eigenvalue weighted by atomic mass is 16.3. The molecule has 12 aromatic rings. The Morgan fingerprint density at radius 2 is 1.00 bits per heavy atom. The van der Waals surface area contributed by atoms with Crippen molar-refractivity contribution in [1.82, 2.24) is 4.57 Å². The van der Waals surface area contributed by atoms with E-state index in [4.69, 9.17) is 4.42 Å². The van der Waals surface area contributed by atoms with Crippen LogP contribution in [0.4, 0.5) is 17.1 Å². The molecule has 0 fully saturated rings. The number of rotatable bonds is 7. The Hall–Kier alpha value is -8.40. The summed E-state index contributed by atoms with van der Waals surface area (Å²) >= 11 is 0. The van der Waals surface area contributed by atoms with Crippen molar-refractivity contribution in [1.29, 1.82) is 0 Å². The topological polar surface area (TPSA) is 21.3 Å². The van der Waals surface area contributed by atoms with Gasteiger partial charge in [0.2, 0.25) is 0 Å². The fraction of sp³-hybridized carbons (Fsp3) is 0.0476. The molecule has 0 spiro atoms. The number of aromatic nitrogens is 1. The number of hydrogen-bond acceptors (Lipinski definition) is 2. The molecule has 1 aliphatic rings. The molecule has 0 N–H and O–H groups in total. The Labute approximate surface area is 384 Å². The van der Waals surface area contributed by atoms with Gasteiger partial charge in [0.25, 0.3) is 0 Å². The fourth-order valence-corrected chi connectivity index (χ4v) is 10.9. The van der Waals surface area contributed by atoms with E-state index in [0.29, 0.717) is 0 Å². The summed E-state index contributed by atoms with van der Waals surface area (Å²) in [6, 6.07) is 84.0. The monoisotopic (exact) mass is 844 g/mol. The standard InChI is InChI=1S/C63H44N2O/c1-63(2)55-29-15-12-25-49(55)54-38-46(40-59(61(54)63)64(47-23-10-5-11-24-47)57-31-18-28-53-52-27-14-17-32-60(52)66-62(53)57)43-33-34-51-50-26-13-16-30-56(50)65(58(51)39-43)48-36-44(41-19-6-3-7-20-41)35-45(37-48)42-21-8-4-9-22-42/h3-40H,1-2H3. The number of fused-ring (bicyclic) bond motifs is 9. The van der Waals surface area contributed by atoms with Gasteiger partial charge in [0, 0.05) is 38.3 Å². The largest absolute Gasteiger partial charge is 0.454 e. The normalized spacial score (nSPS) is 12.8. The lowest BCUT2D eigenvalue weighted by molar-refractivity contribution is 0.659. The van der Waals surface area contributed by atoms with E-state index in [-0.39, 0.29) is 5.41 Å². The van der Waals surface area contributed by atoms with Gasteiger partial charge in [-0.2, -0.15) is 0 Å². The van der Waals surface area contributed by atoms with Crippen molar-refractivity contribution in [2.75, 3.05) is 4.90 Å². The number of furan rings is 1. The van der Waals surface area contributed by atoms with E-state index in [2.05, 4.69) is 248 Å². The van der Waals surface area contributed by atoms with Crippen molar-refractivity contribution in [2.24, 2.45) is 0 Å². The van der Waals surface area contributed by atoms with Crippen LogP contribution in [0.5, 0.6) is 0 Å². The van der Waals surface area contributed by atoms with Crippen LogP contribution in [0.15, 0.2) is 235 Å².